The number of halogens is 1. The summed E-state index contributed by atoms with van der Waals surface area (Å²) in [6, 6.07) is 0. The topological polar surface area (TPSA) is 60.4 Å². The molecule has 13 heavy (non-hydrogen) atoms. The van der Waals surface area contributed by atoms with E-state index in [-0.39, 0.29) is 12.8 Å². The lowest BCUT2D eigenvalue weighted by Gasteiger charge is -2.20. The van der Waals surface area contributed by atoms with E-state index in [2.05, 4.69) is 4.74 Å². The summed E-state index contributed by atoms with van der Waals surface area (Å²) in [6.45, 7) is 0. The molecule has 0 amide bonds. The van der Waals surface area contributed by atoms with E-state index < -0.39 is 20.9 Å². The Morgan fingerprint density at radius 1 is 1.38 bits per heavy atom. The van der Waals surface area contributed by atoms with Crippen LogP contribution in [0.25, 0.3) is 0 Å². The number of rotatable bonds is 2. The van der Waals surface area contributed by atoms with Crippen LogP contribution >= 0.6 is 0 Å². The quantitative estimate of drug-likeness (QED) is 0.499. The zero-order valence-corrected chi connectivity index (χ0v) is 8.06. The van der Waals surface area contributed by atoms with Gasteiger partial charge in [-0.05, 0) is 12.8 Å². The van der Waals surface area contributed by atoms with Gasteiger partial charge in [0, 0.05) is 0 Å². The molecule has 1 aliphatic rings. The molecule has 0 aromatic carbocycles. The number of hydrogen-bond donors (Lipinski definition) is 0. The number of carbonyl (C=O) groups is 1. The molecule has 0 radical (unpaired) electrons. The molecule has 6 heteroatoms. The van der Waals surface area contributed by atoms with Crippen molar-refractivity contribution in [2.45, 2.75) is 30.4 Å². The molecule has 76 valence electrons. The first-order valence-corrected chi connectivity index (χ1v) is 5.35. The van der Waals surface area contributed by atoms with Gasteiger partial charge in [-0.2, -0.15) is 8.42 Å². The molecule has 0 N–H and O–H groups in total. The fourth-order valence-electron chi connectivity index (χ4n) is 1.68. The molecule has 0 atom stereocenters. The number of ether oxygens (including phenoxy) is 1. The van der Waals surface area contributed by atoms with E-state index in [0.29, 0.717) is 12.8 Å². The van der Waals surface area contributed by atoms with Crippen molar-refractivity contribution in [2.75, 3.05) is 7.11 Å². The first kappa shape index (κ1) is 10.4. The summed E-state index contributed by atoms with van der Waals surface area (Å²) in [4.78, 5) is 11.1. The van der Waals surface area contributed by atoms with Crippen LogP contribution in [-0.2, 0) is 19.8 Å². The third-order valence-electron chi connectivity index (χ3n) is 2.44. The minimum Gasteiger partial charge on any atom is -0.468 e. The summed E-state index contributed by atoms with van der Waals surface area (Å²) in [5.41, 5.74) is 0. The molecule has 0 bridgehead atoms. The van der Waals surface area contributed by atoms with Crippen LogP contribution in [0.1, 0.15) is 25.7 Å². The van der Waals surface area contributed by atoms with E-state index >= 15 is 0 Å². The van der Waals surface area contributed by atoms with Crippen LogP contribution in [0, 0.1) is 0 Å². The Labute approximate surface area is 76.3 Å². The fourth-order valence-corrected chi connectivity index (χ4v) is 2.74. The molecular weight excluding hydrogens is 199 g/mol. The van der Waals surface area contributed by atoms with Gasteiger partial charge in [-0.25, -0.2) is 0 Å². The molecule has 1 rings (SSSR count). The average Bonchev–Trinajstić information content (AvgIpc) is 2.50. The predicted molar refractivity (Wildman–Crippen MR) is 43.2 cm³/mol. The van der Waals surface area contributed by atoms with E-state index in [1.807, 2.05) is 0 Å². The smallest absolute Gasteiger partial charge is 0.330 e. The molecular formula is C7H11FO4S. The first-order chi connectivity index (χ1) is 5.94. The van der Waals surface area contributed by atoms with Crippen molar-refractivity contribution in [1.82, 2.24) is 0 Å². The van der Waals surface area contributed by atoms with E-state index in [1.165, 1.54) is 0 Å². The molecule has 0 aromatic heterocycles. The van der Waals surface area contributed by atoms with Gasteiger partial charge in [-0.15, -0.1) is 3.89 Å². The second-order valence-electron chi connectivity index (χ2n) is 3.13. The van der Waals surface area contributed by atoms with Gasteiger partial charge in [0.05, 0.1) is 7.11 Å². The minimum atomic E-state index is -4.85. The van der Waals surface area contributed by atoms with Crippen molar-refractivity contribution in [1.29, 1.82) is 0 Å². The summed E-state index contributed by atoms with van der Waals surface area (Å²) in [6.07, 6.45) is 1.13. The van der Waals surface area contributed by atoms with Crippen molar-refractivity contribution < 1.29 is 21.8 Å². The fraction of sp³-hybridized carbons (Fsp3) is 0.857. The average molecular weight is 210 g/mol. The maximum atomic E-state index is 12.9. The largest absolute Gasteiger partial charge is 0.468 e. The molecule has 0 saturated heterocycles. The molecule has 4 nitrogen and oxygen atoms in total. The van der Waals surface area contributed by atoms with E-state index in [1.54, 1.807) is 0 Å². The third kappa shape index (κ3) is 1.54. The van der Waals surface area contributed by atoms with Crippen LogP contribution < -0.4 is 0 Å². The van der Waals surface area contributed by atoms with Crippen molar-refractivity contribution in [3.8, 4) is 0 Å². The maximum Gasteiger partial charge on any atom is 0.330 e. The monoisotopic (exact) mass is 210 g/mol. The second kappa shape index (κ2) is 3.25. The van der Waals surface area contributed by atoms with Gasteiger partial charge in [0.1, 0.15) is 0 Å². The summed E-state index contributed by atoms with van der Waals surface area (Å²) in [5, 5.41) is 0. The van der Waals surface area contributed by atoms with Crippen LogP contribution in [0.4, 0.5) is 3.89 Å². The first-order valence-electron chi connectivity index (χ1n) is 3.97. The Balaban J connectivity index is 3.09. The number of hydrogen-bond acceptors (Lipinski definition) is 4. The Bertz CT molecular complexity index is 302. The van der Waals surface area contributed by atoms with Crippen LogP contribution in [0.2, 0.25) is 0 Å². The zero-order chi connectivity index (χ0) is 10.1. The molecule has 0 unspecified atom stereocenters. The molecule has 0 heterocycles. The third-order valence-corrected chi connectivity index (χ3v) is 3.94. The molecule has 0 aromatic rings. The van der Waals surface area contributed by atoms with Gasteiger partial charge in [0.15, 0.2) is 4.75 Å². The molecule has 0 aliphatic heterocycles. The van der Waals surface area contributed by atoms with Gasteiger partial charge < -0.3 is 4.74 Å². The Hall–Kier alpha value is -0.650. The molecule has 1 saturated carbocycles. The predicted octanol–water partition coefficient (Wildman–Crippen LogP) is 0.771. The number of esters is 1. The Kier molecular flexibility index (Phi) is 2.61. The van der Waals surface area contributed by atoms with Gasteiger partial charge in [-0.3, -0.25) is 4.79 Å². The highest BCUT2D eigenvalue weighted by Crippen LogP contribution is 2.38. The van der Waals surface area contributed by atoms with Gasteiger partial charge in [0.2, 0.25) is 0 Å². The van der Waals surface area contributed by atoms with Crippen molar-refractivity contribution in [3.63, 3.8) is 0 Å². The van der Waals surface area contributed by atoms with Crippen molar-refractivity contribution in [2.24, 2.45) is 0 Å². The second-order valence-corrected chi connectivity index (χ2v) is 4.79. The van der Waals surface area contributed by atoms with Crippen LogP contribution in [0.3, 0.4) is 0 Å². The van der Waals surface area contributed by atoms with Gasteiger partial charge >= 0.3 is 16.2 Å². The van der Waals surface area contributed by atoms with E-state index in [0.717, 1.165) is 7.11 Å². The van der Waals surface area contributed by atoms with Crippen LogP contribution in [0.15, 0.2) is 0 Å². The number of carbonyl (C=O) groups excluding carboxylic acids is 1. The highest BCUT2D eigenvalue weighted by molar-refractivity contribution is 7.88. The zero-order valence-electron chi connectivity index (χ0n) is 7.25. The van der Waals surface area contributed by atoms with Gasteiger partial charge in [-0.1, -0.05) is 12.8 Å². The standard InChI is InChI=1S/C7H11FO4S/c1-12-6(9)7(13(8,10)11)4-2-3-5-7/h2-5H2,1H3. The van der Waals surface area contributed by atoms with Crippen molar-refractivity contribution in [3.05, 3.63) is 0 Å². The highest BCUT2D eigenvalue weighted by atomic mass is 32.3. The summed E-state index contributed by atoms with van der Waals surface area (Å²) < 4.78 is 36.8. The van der Waals surface area contributed by atoms with Gasteiger partial charge in [0.25, 0.3) is 0 Å². The number of methoxy groups -OCH3 is 1. The molecule has 1 aliphatic carbocycles. The molecule has 1 fully saturated rings. The van der Waals surface area contributed by atoms with E-state index in [9.17, 15) is 17.1 Å². The maximum absolute atomic E-state index is 12.9. The Morgan fingerprint density at radius 2 is 1.85 bits per heavy atom. The lowest BCUT2D eigenvalue weighted by atomic mass is 10.1. The SMILES string of the molecule is COC(=O)C1(S(=O)(=O)F)CCCC1. The normalized spacial score (nSPS) is 21.4. The Morgan fingerprint density at radius 3 is 2.15 bits per heavy atom. The lowest BCUT2D eigenvalue weighted by Crippen LogP contribution is -2.42. The summed E-state index contributed by atoms with van der Waals surface area (Å²) in [5.74, 6) is -0.979. The van der Waals surface area contributed by atoms with Crippen LogP contribution in [-0.4, -0.2) is 26.2 Å². The van der Waals surface area contributed by atoms with Crippen molar-refractivity contribution >= 4 is 16.2 Å². The van der Waals surface area contributed by atoms with E-state index in [4.69, 9.17) is 0 Å². The molecule has 0 spiro atoms. The van der Waals surface area contributed by atoms with Crippen LogP contribution in [0.5, 0.6) is 0 Å². The summed E-state index contributed by atoms with van der Waals surface area (Å²) >= 11 is 0. The summed E-state index contributed by atoms with van der Waals surface area (Å²) in [7, 11) is -3.79. The lowest BCUT2D eigenvalue weighted by molar-refractivity contribution is -0.143. The minimum absolute atomic E-state index is 0.0263. The highest BCUT2D eigenvalue weighted by Gasteiger charge is 2.54.